The molecule has 1 aliphatic carbocycles. The van der Waals surface area contributed by atoms with Gasteiger partial charge in [-0.05, 0) is 42.5 Å². The van der Waals surface area contributed by atoms with E-state index >= 15 is 0 Å². The molecule has 4 rings (SSSR count). The molecule has 1 heterocycles. The van der Waals surface area contributed by atoms with Gasteiger partial charge in [-0.15, -0.1) is 0 Å². The van der Waals surface area contributed by atoms with Crippen molar-refractivity contribution in [2.24, 2.45) is 10.9 Å². The molecule has 2 aromatic carbocycles. The Morgan fingerprint density at radius 3 is 2.54 bits per heavy atom. The Balaban J connectivity index is 1.83. The lowest BCUT2D eigenvalue weighted by Crippen LogP contribution is -2.32. The number of carbonyl (C=O) groups is 1. The Bertz CT molecular complexity index is 1050. The number of allylic oxidation sites excluding steroid dienone is 2. The summed E-state index contributed by atoms with van der Waals surface area (Å²) in [6.07, 6.45) is 1.10. The van der Waals surface area contributed by atoms with Gasteiger partial charge in [0.05, 0.1) is 12.0 Å². The number of carbonyl (C=O) groups excluding carboxylic acids is 1. The fraction of sp³-hybridized carbons (Fsp3) is 0.261. The molecule has 2 aliphatic rings. The van der Waals surface area contributed by atoms with Crippen LogP contribution in [-0.4, -0.2) is 11.5 Å². The minimum atomic E-state index is -0.519. The van der Waals surface area contributed by atoms with E-state index in [1.165, 1.54) is 0 Å². The molecule has 0 radical (unpaired) electrons. The topological polar surface area (TPSA) is 53.2 Å². The van der Waals surface area contributed by atoms with E-state index in [9.17, 15) is 10.1 Å². The van der Waals surface area contributed by atoms with Gasteiger partial charge in [-0.3, -0.25) is 9.79 Å². The molecule has 2 aromatic rings. The van der Waals surface area contributed by atoms with E-state index in [4.69, 9.17) is 23.2 Å². The second kappa shape index (κ2) is 7.54. The van der Waals surface area contributed by atoms with Crippen LogP contribution in [0.2, 0.25) is 10.0 Å². The molecule has 0 fully saturated rings. The van der Waals surface area contributed by atoms with Gasteiger partial charge in [-0.2, -0.15) is 5.26 Å². The molecule has 0 N–H and O–H groups in total. The van der Waals surface area contributed by atoms with Crippen LogP contribution in [0.25, 0.3) is 0 Å². The Kier molecular flexibility index (Phi) is 5.10. The predicted octanol–water partition coefficient (Wildman–Crippen LogP) is 6.09. The maximum atomic E-state index is 13.2. The fourth-order valence-corrected chi connectivity index (χ4v) is 4.80. The number of rotatable bonds is 2. The first-order valence-electron chi connectivity index (χ1n) is 9.20. The molecule has 0 spiro atoms. The molecule has 0 amide bonds. The van der Waals surface area contributed by atoms with Crippen LogP contribution in [0.5, 0.6) is 0 Å². The number of halogens is 2. The largest absolute Gasteiger partial charge is 0.294 e. The van der Waals surface area contributed by atoms with Crippen LogP contribution < -0.4 is 0 Å². The van der Waals surface area contributed by atoms with Crippen LogP contribution in [0.3, 0.4) is 0 Å². The highest BCUT2D eigenvalue weighted by atomic mass is 35.5. The Labute approximate surface area is 174 Å². The van der Waals surface area contributed by atoms with Gasteiger partial charge in [0.2, 0.25) is 0 Å². The standard InChI is InChI=1S/C23H18Cl2N2O/c1-13-18(12-26)22(17-8-7-16(24)11-19(17)25)23-20(27-13)9-15(10-21(23)28)14-5-3-2-4-6-14/h2-8,11,15,18,22H,9-10H2,1H3/t15-,18?,22+/m0/s1. The minimum absolute atomic E-state index is 0.0441. The monoisotopic (exact) mass is 408 g/mol. The van der Waals surface area contributed by atoms with E-state index in [1.54, 1.807) is 12.1 Å². The van der Waals surface area contributed by atoms with Crippen molar-refractivity contribution in [2.45, 2.75) is 31.6 Å². The van der Waals surface area contributed by atoms with E-state index in [-0.39, 0.29) is 11.7 Å². The van der Waals surface area contributed by atoms with Crippen molar-refractivity contribution >= 4 is 34.7 Å². The summed E-state index contributed by atoms with van der Waals surface area (Å²) in [5, 5.41) is 10.8. The van der Waals surface area contributed by atoms with Gasteiger partial charge in [0.1, 0.15) is 0 Å². The molecule has 1 aliphatic heterocycles. The second-order valence-corrected chi connectivity index (χ2v) is 8.15. The maximum Gasteiger partial charge on any atom is 0.161 e. The number of aliphatic imine (C=N–C) groups is 1. The first-order chi connectivity index (χ1) is 13.5. The molecular weight excluding hydrogens is 391 g/mol. The third-order valence-corrected chi connectivity index (χ3v) is 6.16. The van der Waals surface area contributed by atoms with Gasteiger partial charge >= 0.3 is 0 Å². The first kappa shape index (κ1) is 18.9. The summed E-state index contributed by atoms with van der Waals surface area (Å²) in [4.78, 5) is 17.9. The summed E-state index contributed by atoms with van der Waals surface area (Å²) in [6.45, 7) is 1.85. The lowest BCUT2D eigenvalue weighted by molar-refractivity contribution is -0.116. The SMILES string of the molecule is CC1=NC2=C(C(=O)C[C@@H](c3ccccc3)C2)[C@H](c2ccc(Cl)cc2Cl)C1C#N. The molecule has 3 atom stereocenters. The van der Waals surface area contributed by atoms with Crippen LogP contribution in [0, 0.1) is 17.2 Å². The Morgan fingerprint density at radius 2 is 1.86 bits per heavy atom. The molecule has 3 nitrogen and oxygen atoms in total. The number of nitrogens with zero attached hydrogens (tertiary/aromatic N) is 2. The number of Topliss-reactive ketones (excluding diaryl/α,β-unsaturated/α-hetero) is 1. The lowest BCUT2D eigenvalue weighted by Gasteiger charge is -2.35. The van der Waals surface area contributed by atoms with Crippen LogP contribution in [-0.2, 0) is 4.79 Å². The highest BCUT2D eigenvalue weighted by Gasteiger charge is 2.42. The van der Waals surface area contributed by atoms with E-state index in [0.717, 1.165) is 22.5 Å². The summed E-state index contributed by atoms with van der Waals surface area (Å²) >= 11 is 12.5. The summed E-state index contributed by atoms with van der Waals surface area (Å²) < 4.78 is 0. The summed E-state index contributed by atoms with van der Waals surface area (Å²) in [7, 11) is 0. The highest BCUT2D eigenvalue weighted by molar-refractivity contribution is 6.35. The Hall–Kier alpha value is -2.41. The smallest absolute Gasteiger partial charge is 0.161 e. The number of benzene rings is 2. The average Bonchev–Trinajstić information content (AvgIpc) is 2.67. The number of hydrogen-bond donors (Lipinski definition) is 0. The summed E-state index contributed by atoms with van der Waals surface area (Å²) in [5.74, 6) is -0.785. The van der Waals surface area contributed by atoms with Gasteiger partial charge in [-0.1, -0.05) is 59.6 Å². The third-order valence-electron chi connectivity index (χ3n) is 5.60. The van der Waals surface area contributed by atoms with Crippen molar-refractivity contribution in [3.8, 4) is 6.07 Å². The van der Waals surface area contributed by atoms with Crippen molar-refractivity contribution < 1.29 is 4.79 Å². The zero-order valence-electron chi connectivity index (χ0n) is 15.3. The molecule has 140 valence electrons. The molecule has 28 heavy (non-hydrogen) atoms. The van der Waals surface area contributed by atoms with Gasteiger partial charge in [0, 0.05) is 39.4 Å². The zero-order valence-corrected chi connectivity index (χ0v) is 16.8. The van der Waals surface area contributed by atoms with Crippen LogP contribution in [0.15, 0.2) is 64.8 Å². The lowest BCUT2D eigenvalue weighted by atomic mass is 9.69. The van der Waals surface area contributed by atoms with Crippen molar-refractivity contribution in [1.82, 2.24) is 0 Å². The number of ketones is 1. The number of nitriles is 1. The summed E-state index contributed by atoms with van der Waals surface area (Å²) in [6, 6.07) is 17.6. The fourth-order valence-electron chi connectivity index (χ4n) is 4.28. The number of hydrogen-bond acceptors (Lipinski definition) is 3. The molecular formula is C23H18Cl2N2O. The van der Waals surface area contributed by atoms with Crippen LogP contribution in [0.1, 0.15) is 42.7 Å². The highest BCUT2D eigenvalue weighted by Crippen LogP contribution is 2.47. The van der Waals surface area contributed by atoms with Gasteiger partial charge in [0.25, 0.3) is 0 Å². The predicted molar refractivity (Wildman–Crippen MR) is 112 cm³/mol. The van der Waals surface area contributed by atoms with Crippen LogP contribution >= 0.6 is 23.2 Å². The molecule has 0 aromatic heterocycles. The van der Waals surface area contributed by atoms with Gasteiger partial charge in [0.15, 0.2) is 5.78 Å². The van der Waals surface area contributed by atoms with E-state index in [2.05, 4.69) is 23.2 Å². The Morgan fingerprint density at radius 1 is 1.11 bits per heavy atom. The molecule has 0 bridgehead atoms. The van der Waals surface area contributed by atoms with E-state index < -0.39 is 11.8 Å². The quantitative estimate of drug-likeness (QED) is 0.603. The molecule has 0 saturated carbocycles. The maximum absolute atomic E-state index is 13.2. The average molecular weight is 409 g/mol. The van der Waals surface area contributed by atoms with Crippen molar-refractivity contribution in [3.63, 3.8) is 0 Å². The normalized spacial score (nSPS) is 24.4. The molecule has 5 heteroatoms. The first-order valence-corrected chi connectivity index (χ1v) is 9.96. The van der Waals surface area contributed by atoms with Gasteiger partial charge in [-0.25, -0.2) is 0 Å². The third kappa shape index (κ3) is 3.28. The minimum Gasteiger partial charge on any atom is -0.294 e. The zero-order chi connectivity index (χ0) is 19.8. The van der Waals surface area contributed by atoms with E-state index in [0.29, 0.717) is 28.5 Å². The summed E-state index contributed by atoms with van der Waals surface area (Å²) in [5.41, 5.74) is 4.03. The van der Waals surface area contributed by atoms with Crippen molar-refractivity contribution in [2.75, 3.05) is 0 Å². The van der Waals surface area contributed by atoms with Gasteiger partial charge < -0.3 is 0 Å². The van der Waals surface area contributed by atoms with Crippen LogP contribution in [0.4, 0.5) is 0 Å². The van der Waals surface area contributed by atoms with Crippen molar-refractivity contribution in [3.05, 3.63) is 81.0 Å². The molecule has 0 saturated heterocycles. The van der Waals surface area contributed by atoms with Crippen molar-refractivity contribution in [1.29, 1.82) is 5.26 Å². The van der Waals surface area contributed by atoms with E-state index in [1.807, 2.05) is 31.2 Å². The second-order valence-electron chi connectivity index (χ2n) is 7.30. The molecule has 1 unspecified atom stereocenters.